The summed E-state index contributed by atoms with van der Waals surface area (Å²) in [4.78, 5) is 4.34. The Hall–Kier alpha value is -0.890. The molecule has 1 nitrogen and oxygen atoms in total. The molecule has 2 rings (SSSR count). The molecule has 1 atom stereocenters. The predicted molar refractivity (Wildman–Crippen MR) is 62.9 cm³/mol. The van der Waals surface area contributed by atoms with E-state index < -0.39 is 0 Å². The van der Waals surface area contributed by atoms with E-state index in [1.54, 1.807) is 11.3 Å². The summed E-state index contributed by atoms with van der Waals surface area (Å²) in [7, 11) is 0. The molecular weight excluding hydrogens is 190 g/mol. The van der Waals surface area contributed by atoms with Crippen LogP contribution in [0.4, 0.5) is 0 Å². The summed E-state index contributed by atoms with van der Waals surface area (Å²) in [6, 6.07) is 6.44. The number of fused-ring (bicyclic) bond motifs is 1. The van der Waals surface area contributed by atoms with E-state index in [1.807, 2.05) is 5.51 Å². The Balaban J connectivity index is 2.45. The van der Waals surface area contributed by atoms with Crippen LogP contribution in [-0.2, 0) is 0 Å². The summed E-state index contributed by atoms with van der Waals surface area (Å²) in [6.07, 6.45) is 2.51. The van der Waals surface area contributed by atoms with Gasteiger partial charge in [-0.1, -0.05) is 32.4 Å². The molecule has 1 heterocycles. The summed E-state index contributed by atoms with van der Waals surface area (Å²) in [5.41, 5.74) is 4.55. The molecule has 0 amide bonds. The first-order chi connectivity index (χ1) is 6.83. The number of nitrogens with zero attached hydrogens (tertiary/aromatic N) is 1. The molecular formula is C12H15NS. The highest BCUT2D eigenvalue weighted by atomic mass is 32.1. The van der Waals surface area contributed by atoms with Crippen LogP contribution in [0.2, 0.25) is 0 Å². The lowest BCUT2D eigenvalue weighted by molar-refractivity contribution is 0.670. The van der Waals surface area contributed by atoms with Gasteiger partial charge in [0.1, 0.15) is 0 Å². The van der Waals surface area contributed by atoms with E-state index >= 15 is 0 Å². The maximum atomic E-state index is 4.34. The first-order valence-electron chi connectivity index (χ1n) is 5.15. The van der Waals surface area contributed by atoms with Gasteiger partial charge in [0.05, 0.1) is 15.7 Å². The fourth-order valence-electron chi connectivity index (χ4n) is 1.88. The summed E-state index contributed by atoms with van der Waals surface area (Å²) >= 11 is 1.76. The molecule has 0 aliphatic rings. The number of aromatic nitrogens is 1. The van der Waals surface area contributed by atoms with Crippen molar-refractivity contribution in [2.75, 3.05) is 0 Å². The molecule has 0 spiro atoms. The van der Waals surface area contributed by atoms with Crippen molar-refractivity contribution in [3.63, 3.8) is 0 Å². The Morgan fingerprint density at radius 3 is 3.07 bits per heavy atom. The average molecular weight is 205 g/mol. The van der Waals surface area contributed by atoms with Crippen LogP contribution >= 0.6 is 11.3 Å². The minimum Gasteiger partial charge on any atom is -0.245 e. The second-order valence-corrected chi connectivity index (χ2v) is 4.59. The van der Waals surface area contributed by atoms with Crippen LogP contribution in [0.3, 0.4) is 0 Å². The Kier molecular flexibility index (Phi) is 2.82. The lowest BCUT2D eigenvalue weighted by Crippen LogP contribution is -1.92. The predicted octanol–water partition coefficient (Wildman–Crippen LogP) is 4.20. The molecule has 2 aromatic rings. The van der Waals surface area contributed by atoms with Crippen LogP contribution in [0.1, 0.15) is 38.2 Å². The van der Waals surface area contributed by atoms with Crippen molar-refractivity contribution in [3.05, 3.63) is 29.3 Å². The van der Waals surface area contributed by atoms with Crippen LogP contribution in [0.25, 0.3) is 10.2 Å². The largest absolute Gasteiger partial charge is 0.245 e. The minimum atomic E-state index is 0.657. The summed E-state index contributed by atoms with van der Waals surface area (Å²) in [5, 5.41) is 0. The third kappa shape index (κ3) is 1.67. The zero-order chi connectivity index (χ0) is 9.97. The maximum absolute atomic E-state index is 4.34. The summed E-state index contributed by atoms with van der Waals surface area (Å²) in [5.74, 6) is 0.657. The van der Waals surface area contributed by atoms with E-state index in [9.17, 15) is 0 Å². The molecule has 0 saturated heterocycles. The molecule has 1 aromatic carbocycles. The molecule has 14 heavy (non-hydrogen) atoms. The zero-order valence-electron chi connectivity index (χ0n) is 8.66. The van der Waals surface area contributed by atoms with Gasteiger partial charge < -0.3 is 0 Å². The monoisotopic (exact) mass is 205 g/mol. The fourth-order valence-corrected chi connectivity index (χ4v) is 2.80. The van der Waals surface area contributed by atoms with Gasteiger partial charge in [-0.15, -0.1) is 11.3 Å². The zero-order valence-corrected chi connectivity index (χ0v) is 9.47. The van der Waals surface area contributed by atoms with Crippen LogP contribution in [0.5, 0.6) is 0 Å². The van der Waals surface area contributed by atoms with Crippen LogP contribution in [0.15, 0.2) is 23.7 Å². The third-order valence-corrected chi connectivity index (χ3v) is 3.53. The molecule has 0 radical (unpaired) electrons. The topological polar surface area (TPSA) is 12.9 Å². The Morgan fingerprint density at radius 2 is 2.29 bits per heavy atom. The van der Waals surface area contributed by atoms with Crippen LogP contribution in [-0.4, -0.2) is 4.98 Å². The van der Waals surface area contributed by atoms with E-state index in [0.717, 1.165) is 5.52 Å². The first kappa shape index (κ1) is 9.66. The van der Waals surface area contributed by atoms with Gasteiger partial charge in [0, 0.05) is 0 Å². The van der Waals surface area contributed by atoms with E-state index in [-0.39, 0.29) is 0 Å². The molecule has 0 fully saturated rings. The van der Waals surface area contributed by atoms with E-state index in [4.69, 9.17) is 0 Å². The smallest absolute Gasteiger partial charge is 0.0814 e. The molecule has 1 aromatic heterocycles. The Morgan fingerprint density at radius 1 is 1.43 bits per heavy atom. The Labute approximate surface area is 88.8 Å². The highest BCUT2D eigenvalue weighted by molar-refractivity contribution is 7.16. The van der Waals surface area contributed by atoms with Gasteiger partial charge in [-0.05, 0) is 24.0 Å². The number of hydrogen-bond acceptors (Lipinski definition) is 2. The van der Waals surface area contributed by atoms with Gasteiger partial charge in [-0.25, -0.2) is 4.98 Å². The molecule has 2 heteroatoms. The van der Waals surface area contributed by atoms with Crippen LogP contribution in [0, 0.1) is 0 Å². The van der Waals surface area contributed by atoms with Gasteiger partial charge in [0.25, 0.3) is 0 Å². The summed E-state index contributed by atoms with van der Waals surface area (Å²) in [6.45, 7) is 4.54. The normalized spacial score (nSPS) is 13.3. The second-order valence-electron chi connectivity index (χ2n) is 3.74. The van der Waals surface area contributed by atoms with Gasteiger partial charge in [0.15, 0.2) is 0 Å². The molecule has 0 N–H and O–H groups in total. The number of hydrogen-bond donors (Lipinski definition) is 0. The average Bonchev–Trinajstić information content (AvgIpc) is 2.65. The maximum Gasteiger partial charge on any atom is 0.0814 e. The lowest BCUT2D eigenvalue weighted by Gasteiger charge is -2.10. The van der Waals surface area contributed by atoms with Crippen molar-refractivity contribution in [1.29, 1.82) is 0 Å². The van der Waals surface area contributed by atoms with Gasteiger partial charge in [-0.3, -0.25) is 0 Å². The second kappa shape index (κ2) is 4.09. The third-order valence-electron chi connectivity index (χ3n) is 2.64. The van der Waals surface area contributed by atoms with E-state index in [2.05, 4.69) is 37.0 Å². The standard InChI is InChI=1S/C12H15NS/c1-3-5-9(2)10-6-4-7-11-12(10)14-8-13-11/h4,6-9H,3,5H2,1-2H3. The van der Waals surface area contributed by atoms with Crippen molar-refractivity contribution in [1.82, 2.24) is 4.98 Å². The summed E-state index contributed by atoms with van der Waals surface area (Å²) < 4.78 is 1.37. The van der Waals surface area contributed by atoms with E-state index in [0.29, 0.717) is 5.92 Å². The van der Waals surface area contributed by atoms with Gasteiger partial charge >= 0.3 is 0 Å². The SMILES string of the molecule is CCCC(C)c1cccc2ncsc12. The number of thiazole rings is 1. The highest BCUT2D eigenvalue weighted by Crippen LogP contribution is 2.30. The highest BCUT2D eigenvalue weighted by Gasteiger charge is 2.09. The van der Waals surface area contributed by atoms with Crippen molar-refractivity contribution >= 4 is 21.6 Å². The van der Waals surface area contributed by atoms with Crippen molar-refractivity contribution in [2.24, 2.45) is 0 Å². The Bertz CT molecular complexity index is 419. The molecule has 1 unspecified atom stereocenters. The van der Waals surface area contributed by atoms with E-state index in [1.165, 1.54) is 23.1 Å². The quantitative estimate of drug-likeness (QED) is 0.731. The molecule has 0 saturated carbocycles. The number of benzene rings is 1. The molecule has 0 bridgehead atoms. The first-order valence-corrected chi connectivity index (χ1v) is 6.03. The van der Waals surface area contributed by atoms with Gasteiger partial charge in [0.2, 0.25) is 0 Å². The molecule has 0 aliphatic carbocycles. The van der Waals surface area contributed by atoms with Crippen molar-refractivity contribution in [3.8, 4) is 0 Å². The number of rotatable bonds is 3. The molecule has 74 valence electrons. The van der Waals surface area contributed by atoms with Crippen molar-refractivity contribution < 1.29 is 0 Å². The lowest BCUT2D eigenvalue weighted by atomic mass is 9.96. The molecule has 0 aliphatic heterocycles. The van der Waals surface area contributed by atoms with Gasteiger partial charge in [-0.2, -0.15) is 0 Å². The minimum absolute atomic E-state index is 0.657. The fraction of sp³-hybridized carbons (Fsp3) is 0.417. The van der Waals surface area contributed by atoms with Crippen LogP contribution < -0.4 is 0 Å². The van der Waals surface area contributed by atoms with Crippen molar-refractivity contribution in [2.45, 2.75) is 32.6 Å².